The van der Waals surface area contributed by atoms with Crippen molar-refractivity contribution in [2.75, 3.05) is 17.3 Å². The van der Waals surface area contributed by atoms with Gasteiger partial charge in [0.05, 0.1) is 0 Å². The predicted octanol–water partition coefficient (Wildman–Crippen LogP) is 0.511. The summed E-state index contributed by atoms with van der Waals surface area (Å²) in [6.07, 6.45) is 2.33. The summed E-state index contributed by atoms with van der Waals surface area (Å²) in [6.45, 7) is 3.84. The van der Waals surface area contributed by atoms with E-state index in [2.05, 4.69) is 15.3 Å². The highest BCUT2D eigenvalue weighted by Gasteiger charge is 2.06. The Labute approximate surface area is 97.1 Å². The second-order valence-corrected chi connectivity index (χ2v) is 5.20. The van der Waals surface area contributed by atoms with Gasteiger partial charge in [0.2, 0.25) is 0 Å². The quantitative estimate of drug-likeness (QED) is 0.790. The van der Waals surface area contributed by atoms with Crippen LogP contribution in [0.3, 0.4) is 0 Å². The molecule has 0 bridgehead atoms. The number of aromatic nitrogens is 2. The number of aromatic amines is 1. The van der Waals surface area contributed by atoms with Crippen LogP contribution in [-0.4, -0.2) is 32.2 Å². The third-order valence-corrected chi connectivity index (χ3v) is 2.97. The molecule has 2 N–H and O–H groups in total. The van der Waals surface area contributed by atoms with Gasteiger partial charge in [0, 0.05) is 41.3 Å². The number of nitrogens with one attached hydrogen (secondary N) is 2. The van der Waals surface area contributed by atoms with Crippen LogP contribution >= 0.6 is 0 Å². The first-order chi connectivity index (χ1) is 7.51. The summed E-state index contributed by atoms with van der Waals surface area (Å²) in [5, 5.41) is 3.06. The molecule has 0 radical (unpaired) electrons. The Kier molecular flexibility index (Phi) is 4.67. The van der Waals surface area contributed by atoms with E-state index in [0.29, 0.717) is 23.8 Å². The molecule has 1 rings (SSSR count). The van der Waals surface area contributed by atoms with Gasteiger partial charge < -0.3 is 10.3 Å². The van der Waals surface area contributed by atoms with E-state index in [1.807, 2.05) is 13.8 Å². The van der Waals surface area contributed by atoms with E-state index in [1.54, 1.807) is 6.26 Å². The lowest BCUT2D eigenvalue weighted by Gasteiger charge is -2.13. The molecule has 2 atom stereocenters. The topological polar surface area (TPSA) is 74.8 Å². The molecule has 0 fully saturated rings. The van der Waals surface area contributed by atoms with Gasteiger partial charge in [-0.05, 0) is 6.92 Å². The van der Waals surface area contributed by atoms with Gasteiger partial charge in [-0.15, -0.1) is 0 Å². The van der Waals surface area contributed by atoms with Gasteiger partial charge in [0.25, 0.3) is 5.56 Å². The zero-order valence-corrected chi connectivity index (χ0v) is 10.6. The highest BCUT2D eigenvalue weighted by Crippen LogP contribution is 2.02. The zero-order valence-electron chi connectivity index (χ0n) is 9.74. The van der Waals surface area contributed by atoms with Crippen LogP contribution in [0.15, 0.2) is 10.9 Å². The largest absolute Gasteiger partial charge is 0.366 e. The van der Waals surface area contributed by atoms with Gasteiger partial charge >= 0.3 is 0 Å². The van der Waals surface area contributed by atoms with E-state index in [1.165, 1.54) is 6.07 Å². The Morgan fingerprint density at radius 3 is 2.88 bits per heavy atom. The molecule has 1 heterocycles. The molecule has 5 nitrogen and oxygen atoms in total. The smallest absolute Gasteiger partial charge is 0.252 e. The van der Waals surface area contributed by atoms with Gasteiger partial charge in [-0.1, -0.05) is 6.92 Å². The maximum Gasteiger partial charge on any atom is 0.252 e. The summed E-state index contributed by atoms with van der Waals surface area (Å²) < 4.78 is 11.0. The fourth-order valence-corrected chi connectivity index (χ4v) is 2.18. The molecular formula is C10H17N3O2S. The standard InChI is InChI=1S/C10H17N3O2S/c1-4-8-12-9(5-10(14)13-8)11-7(2)6-16(3)15/h5,7H,4,6H2,1-3H3,(H2,11,12,13,14). The van der Waals surface area contributed by atoms with Crippen molar-refractivity contribution in [2.45, 2.75) is 26.3 Å². The monoisotopic (exact) mass is 243 g/mol. The van der Waals surface area contributed by atoms with E-state index in [-0.39, 0.29) is 11.6 Å². The fourth-order valence-electron chi connectivity index (χ4n) is 1.40. The summed E-state index contributed by atoms with van der Waals surface area (Å²) >= 11 is 0. The van der Waals surface area contributed by atoms with Crippen molar-refractivity contribution in [3.63, 3.8) is 0 Å². The molecule has 0 aromatic carbocycles. The van der Waals surface area contributed by atoms with Crippen molar-refractivity contribution in [1.29, 1.82) is 0 Å². The van der Waals surface area contributed by atoms with E-state index in [0.717, 1.165) is 0 Å². The summed E-state index contributed by atoms with van der Waals surface area (Å²) in [5.41, 5.74) is -0.167. The average molecular weight is 243 g/mol. The Morgan fingerprint density at radius 1 is 1.62 bits per heavy atom. The second-order valence-electron chi connectivity index (χ2n) is 3.72. The number of H-pyrrole nitrogens is 1. The summed E-state index contributed by atoms with van der Waals surface area (Å²) in [4.78, 5) is 18.2. The minimum Gasteiger partial charge on any atom is -0.366 e. The summed E-state index contributed by atoms with van der Waals surface area (Å²) in [5.74, 6) is 1.73. The lowest BCUT2D eigenvalue weighted by atomic mass is 10.3. The van der Waals surface area contributed by atoms with Crippen molar-refractivity contribution < 1.29 is 4.21 Å². The van der Waals surface area contributed by atoms with Crippen molar-refractivity contribution in [3.05, 3.63) is 22.2 Å². The van der Waals surface area contributed by atoms with Crippen LogP contribution in [0.4, 0.5) is 5.82 Å². The number of nitrogens with zero attached hydrogens (tertiary/aromatic N) is 1. The van der Waals surface area contributed by atoms with Gasteiger partial charge in [0.15, 0.2) is 0 Å². The maximum absolute atomic E-state index is 11.3. The molecule has 6 heteroatoms. The van der Waals surface area contributed by atoms with Crippen LogP contribution in [-0.2, 0) is 17.2 Å². The third kappa shape index (κ3) is 4.14. The Bertz CT molecular complexity index is 430. The summed E-state index contributed by atoms with van der Waals surface area (Å²) in [6, 6.07) is 1.44. The fraction of sp³-hybridized carbons (Fsp3) is 0.600. The molecule has 0 aliphatic heterocycles. The van der Waals surface area contributed by atoms with Crippen LogP contribution in [0.5, 0.6) is 0 Å². The Morgan fingerprint density at radius 2 is 2.31 bits per heavy atom. The average Bonchev–Trinajstić information content (AvgIpc) is 2.14. The van der Waals surface area contributed by atoms with Crippen LogP contribution < -0.4 is 10.9 Å². The first kappa shape index (κ1) is 12.9. The number of rotatable bonds is 5. The number of hydrogen-bond donors (Lipinski definition) is 2. The molecule has 90 valence electrons. The SMILES string of the molecule is CCc1nc(NC(C)CS(C)=O)cc(=O)[nH]1. The van der Waals surface area contributed by atoms with Crippen molar-refractivity contribution in [2.24, 2.45) is 0 Å². The highest BCUT2D eigenvalue weighted by molar-refractivity contribution is 7.84. The molecule has 16 heavy (non-hydrogen) atoms. The minimum atomic E-state index is -0.858. The summed E-state index contributed by atoms with van der Waals surface area (Å²) in [7, 11) is -0.858. The molecule has 1 aromatic heterocycles. The third-order valence-electron chi connectivity index (χ3n) is 2.00. The molecule has 0 spiro atoms. The molecule has 0 amide bonds. The van der Waals surface area contributed by atoms with Crippen LogP contribution in [0.1, 0.15) is 19.7 Å². The van der Waals surface area contributed by atoms with Crippen LogP contribution in [0.2, 0.25) is 0 Å². The Hall–Kier alpha value is -1.17. The van der Waals surface area contributed by atoms with Crippen LogP contribution in [0, 0.1) is 0 Å². The molecule has 0 aliphatic rings. The lowest BCUT2D eigenvalue weighted by Crippen LogP contribution is -2.24. The molecule has 2 unspecified atom stereocenters. The zero-order chi connectivity index (χ0) is 12.1. The maximum atomic E-state index is 11.3. The predicted molar refractivity (Wildman–Crippen MR) is 66.3 cm³/mol. The van der Waals surface area contributed by atoms with Crippen molar-refractivity contribution in [1.82, 2.24) is 9.97 Å². The van der Waals surface area contributed by atoms with E-state index in [9.17, 15) is 9.00 Å². The van der Waals surface area contributed by atoms with Crippen molar-refractivity contribution in [3.8, 4) is 0 Å². The van der Waals surface area contributed by atoms with Crippen LogP contribution in [0.25, 0.3) is 0 Å². The Balaban J connectivity index is 2.76. The lowest BCUT2D eigenvalue weighted by molar-refractivity contribution is 0.682. The highest BCUT2D eigenvalue weighted by atomic mass is 32.2. The van der Waals surface area contributed by atoms with Gasteiger partial charge in [-0.2, -0.15) is 0 Å². The number of anilines is 1. The first-order valence-electron chi connectivity index (χ1n) is 5.18. The van der Waals surface area contributed by atoms with Gasteiger partial charge in [0.1, 0.15) is 11.6 Å². The molecule has 1 aromatic rings. The number of aryl methyl sites for hydroxylation is 1. The molecule has 0 saturated carbocycles. The van der Waals surface area contributed by atoms with Crippen molar-refractivity contribution >= 4 is 16.6 Å². The molecule has 0 aliphatic carbocycles. The molecular weight excluding hydrogens is 226 g/mol. The normalized spacial score (nSPS) is 14.4. The van der Waals surface area contributed by atoms with E-state index >= 15 is 0 Å². The molecule has 0 saturated heterocycles. The van der Waals surface area contributed by atoms with Gasteiger partial charge in [-0.25, -0.2) is 4.98 Å². The minimum absolute atomic E-state index is 0.0323. The van der Waals surface area contributed by atoms with E-state index < -0.39 is 10.8 Å². The second kappa shape index (κ2) is 5.79. The van der Waals surface area contributed by atoms with Gasteiger partial charge in [-0.3, -0.25) is 9.00 Å². The number of hydrogen-bond acceptors (Lipinski definition) is 4. The van der Waals surface area contributed by atoms with E-state index in [4.69, 9.17) is 0 Å². The first-order valence-corrected chi connectivity index (χ1v) is 6.90.